The summed E-state index contributed by atoms with van der Waals surface area (Å²) in [5, 5.41) is 15.3. The predicted octanol–water partition coefficient (Wildman–Crippen LogP) is 2.13. The number of aryl methyl sites for hydroxylation is 1. The predicted molar refractivity (Wildman–Crippen MR) is 90.6 cm³/mol. The Morgan fingerprint density at radius 1 is 1.40 bits per heavy atom. The Labute approximate surface area is 148 Å². The summed E-state index contributed by atoms with van der Waals surface area (Å²) >= 11 is 1.51. The lowest BCUT2D eigenvalue weighted by Gasteiger charge is -2.13. The molecule has 0 aliphatic carbocycles. The SMILES string of the molecule is CSCCC(NC(=O)CCc1nc(-c2ccccc2F)no1)C(=O)O. The van der Waals surface area contributed by atoms with Crippen LogP contribution in [0.2, 0.25) is 0 Å². The fourth-order valence-corrected chi connectivity index (χ4v) is 2.56. The van der Waals surface area contributed by atoms with Gasteiger partial charge in [-0.3, -0.25) is 4.79 Å². The van der Waals surface area contributed by atoms with Gasteiger partial charge < -0.3 is 14.9 Å². The number of hydrogen-bond donors (Lipinski definition) is 2. The number of nitrogens with zero attached hydrogens (tertiary/aromatic N) is 2. The summed E-state index contributed by atoms with van der Waals surface area (Å²) < 4.78 is 18.7. The summed E-state index contributed by atoms with van der Waals surface area (Å²) in [5.41, 5.74) is 0.213. The molecule has 0 radical (unpaired) electrons. The minimum atomic E-state index is -1.07. The van der Waals surface area contributed by atoms with Crippen molar-refractivity contribution in [1.82, 2.24) is 15.5 Å². The minimum absolute atomic E-state index is 0.00194. The van der Waals surface area contributed by atoms with Gasteiger partial charge in [0.05, 0.1) is 5.56 Å². The summed E-state index contributed by atoms with van der Waals surface area (Å²) in [4.78, 5) is 27.1. The third-order valence-electron chi connectivity index (χ3n) is 3.39. The van der Waals surface area contributed by atoms with Gasteiger partial charge in [0.2, 0.25) is 17.6 Å². The van der Waals surface area contributed by atoms with Crippen molar-refractivity contribution in [3.8, 4) is 11.4 Å². The van der Waals surface area contributed by atoms with Crippen molar-refractivity contribution in [2.24, 2.45) is 0 Å². The van der Waals surface area contributed by atoms with E-state index in [1.807, 2.05) is 6.26 Å². The van der Waals surface area contributed by atoms with E-state index in [1.165, 1.54) is 23.9 Å². The molecule has 1 aromatic carbocycles. The highest BCUT2D eigenvalue weighted by Gasteiger charge is 2.20. The number of aliphatic carboxylic acids is 1. The third-order valence-corrected chi connectivity index (χ3v) is 4.04. The normalized spacial score (nSPS) is 11.9. The number of nitrogens with one attached hydrogen (secondary N) is 1. The van der Waals surface area contributed by atoms with E-state index >= 15 is 0 Å². The Morgan fingerprint density at radius 2 is 2.16 bits per heavy atom. The maximum Gasteiger partial charge on any atom is 0.326 e. The number of carbonyl (C=O) groups is 2. The molecule has 0 spiro atoms. The molecule has 0 aliphatic rings. The zero-order valence-corrected chi connectivity index (χ0v) is 14.4. The van der Waals surface area contributed by atoms with Crippen molar-refractivity contribution in [2.45, 2.75) is 25.3 Å². The molecule has 25 heavy (non-hydrogen) atoms. The lowest BCUT2D eigenvalue weighted by Crippen LogP contribution is -2.41. The Hall–Kier alpha value is -2.42. The fraction of sp³-hybridized carbons (Fsp3) is 0.375. The van der Waals surface area contributed by atoms with Gasteiger partial charge in [0, 0.05) is 12.8 Å². The molecule has 1 atom stereocenters. The van der Waals surface area contributed by atoms with Gasteiger partial charge in [0.15, 0.2) is 0 Å². The van der Waals surface area contributed by atoms with Crippen LogP contribution in [-0.4, -0.2) is 45.2 Å². The number of carboxylic acids is 1. The number of carboxylic acid groups (broad SMARTS) is 1. The molecule has 1 amide bonds. The molecule has 0 saturated heterocycles. The largest absolute Gasteiger partial charge is 0.480 e. The second kappa shape index (κ2) is 9.16. The highest BCUT2D eigenvalue weighted by molar-refractivity contribution is 7.98. The Bertz CT molecular complexity index is 738. The second-order valence-corrected chi connectivity index (χ2v) is 6.22. The molecule has 0 saturated carbocycles. The van der Waals surface area contributed by atoms with Gasteiger partial charge in [0.25, 0.3) is 0 Å². The van der Waals surface area contributed by atoms with Crippen LogP contribution in [0.25, 0.3) is 11.4 Å². The van der Waals surface area contributed by atoms with E-state index < -0.39 is 23.7 Å². The molecule has 1 heterocycles. The lowest BCUT2D eigenvalue weighted by atomic mass is 10.2. The summed E-state index contributed by atoms with van der Waals surface area (Å²) in [6, 6.07) is 5.11. The molecule has 2 rings (SSSR count). The Morgan fingerprint density at radius 3 is 2.84 bits per heavy atom. The van der Waals surface area contributed by atoms with E-state index in [-0.39, 0.29) is 30.1 Å². The van der Waals surface area contributed by atoms with Crippen molar-refractivity contribution in [1.29, 1.82) is 0 Å². The highest BCUT2D eigenvalue weighted by atomic mass is 32.2. The fourth-order valence-electron chi connectivity index (χ4n) is 2.09. The van der Waals surface area contributed by atoms with E-state index in [1.54, 1.807) is 12.1 Å². The molecule has 9 heteroatoms. The zero-order valence-electron chi connectivity index (χ0n) is 13.6. The number of amides is 1. The lowest BCUT2D eigenvalue weighted by molar-refractivity contribution is -0.141. The number of thioether (sulfide) groups is 1. The van der Waals surface area contributed by atoms with Gasteiger partial charge in [-0.1, -0.05) is 17.3 Å². The van der Waals surface area contributed by atoms with Crippen molar-refractivity contribution >= 4 is 23.6 Å². The van der Waals surface area contributed by atoms with E-state index in [0.717, 1.165) is 0 Å². The molecular weight excluding hydrogens is 349 g/mol. The Kier molecular flexibility index (Phi) is 6.93. The molecule has 0 fully saturated rings. The van der Waals surface area contributed by atoms with Crippen LogP contribution >= 0.6 is 11.8 Å². The number of rotatable bonds is 9. The van der Waals surface area contributed by atoms with Crippen LogP contribution < -0.4 is 5.32 Å². The van der Waals surface area contributed by atoms with Crippen molar-refractivity contribution in [2.75, 3.05) is 12.0 Å². The van der Waals surface area contributed by atoms with Gasteiger partial charge in [-0.05, 0) is 30.6 Å². The van der Waals surface area contributed by atoms with Gasteiger partial charge in [-0.25, -0.2) is 9.18 Å². The number of carbonyl (C=O) groups excluding carboxylic acids is 1. The first-order chi connectivity index (χ1) is 12.0. The standard InChI is InChI=1S/C16H18FN3O4S/c1-25-9-8-12(16(22)23)18-13(21)6-7-14-19-15(20-24-14)10-4-2-3-5-11(10)17/h2-5,12H,6-9H2,1H3,(H,18,21)(H,22,23). The summed E-state index contributed by atoms with van der Waals surface area (Å²) in [7, 11) is 0. The van der Waals surface area contributed by atoms with E-state index in [9.17, 15) is 14.0 Å². The molecule has 1 aromatic heterocycles. The average molecular weight is 367 g/mol. The van der Waals surface area contributed by atoms with E-state index in [4.69, 9.17) is 9.63 Å². The maximum atomic E-state index is 13.7. The Balaban J connectivity index is 1.90. The van der Waals surface area contributed by atoms with Crippen LogP contribution in [0.5, 0.6) is 0 Å². The molecule has 2 N–H and O–H groups in total. The zero-order chi connectivity index (χ0) is 18.2. The first-order valence-corrected chi connectivity index (χ1v) is 8.99. The quantitative estimate of drug-likeness (QED) is 0.699. The third kappa shape index (κ3) is 5.56. The van der Waals surface area contributed by atoms with Crippen LogP contribution in [0.3, 0.4) is 0 Å². The monoisotopic (exact) mass is 367 g/mol. The number of hydrogen-bond acceptors (Lipinski definition) is 6. The average Bonchev–Trinajstić information content (AvgIpc) is 3.05. The van der Waals surface area contributed by atoms with Crippen LogP contribution in [0.4, 0.5) is 4.39 Å². The van der Waals surface area contributed by atoms with Crippen LogP contribution in [0.1, 0.15) is 18.7 Å². The van der Waals surface area contributed by atoms with Gasteiger partial charge >= 0.3 is 5.97 Å². The summed E-state index contributed by atoms with van der Waals surface area (Å²) in [6.45, 7) is 0. The van der Waals surface area contributed by atoms with Gasteiger partial charge in [-0.15, -0.1) is 0 Å². The van der Waals surface area contributed by atoms with Crippen molar-refractivity contribution in [3.05, 3.63) is 36.0 Å². The molecule has 0 bridgehead atoms. The molecular formula is C16H18FN3O4S. The highest BCUT2D eigenvalue weighted by Crippen LogP contribution is 2.19. The molecule has 7 nitrogen and oxygen atoms in total. The first kappa shape index (κ1) is 18.9. The number of aromatic nitrogens is 2. The summed E-state index contributed by atoms with van der Waals surface area (Å²) in [5.74, 6) is -1.03. The molecule has 134 valence electrons. The van der Waals surface area contributed by atoms with Crippen molar-refractivity contribution in [3.63, 3.8) is 0 Å². The molecule has 0 aliphatic heterocycles. The van der Waals surface area contributed by atoms with Gasteiger partial charge in [0.1, 0.15) is 11.9 Å². The van der Waals surface area contributed by atoms with Crippen LogP contribution in [-0.2, 0) is 16.0 Å². The maximum absolute atomic E-state index is 13.7. The van der Waals surface area contributed by atoms with Crippen LogP contribution in [0.15, 0.2) is 28.8 Å². The smallest absolute Gasteiger partial charge is 0.326 e. The minimum Gasteiger partial charge on any atom is -0.480 e. The molecule has 1 unspecified atom stereocenters. The topological polar surface area (TPSA) is 105 Å². The second-order valence-electron chi connectivity index (χ2n) is 5.23. The first-order valence-electron chi connectivity index (χ1n) is 7.60. The van der Waals surface area contributed by atoms with Gasteiger partial charge in [-0.2, -0.15) is 16.7 Å². The van der Waals surface area contributed by atoms with Crippen molar-refractivity contribution < 1.29 is 23.6 Å². The van der Waals surface area contributed by atoms with E-state index in [0.29, 0.717) is 12.2 Å². The summed E-state index contributed by atoms with van der Waals surface area (Å²) in [6.07, 6.45) is 2.35. The molecule has 2 aromatic rings. The van der Waals surface area contributed by atoms with Crippen LogP contribution in [0, 0.1) is 5.82 Å². The number of halogens is 1. The number of benzene rings is 1. The van der Waals surface area contributed by atoms with E-state index in [2.05, 4.69) is 15.5 Å².